The van der Waals surface area contributed by atoms with Crippen molar-refractivity contribution in [3.63, 3.8) is 0 Å². The van der Waals surface area contributed by atoms with Crippen molar-refractivity contribution >= 4 is 23.8 Å². The van der Waals surface area contributed by atoms with Crippen LogP contribution in [-0.4, -0.2) is 41.4 Å². The molecule has 166 valence electrons. The van der Waals surface area contributed by atoms with Crippen molar-refractivity contribution in [1.29, 1.82) is 0 Å². The molecule has 1 N–H and O–H groups in total. The Morgan fingerprint density at radius 1 is 1.33 bits per heavy atom. The summed E-state index contributed by atoms with van der Waals surface area (Å²) in [6.45, 7) is 11.4. The van der Waals surface area contributed by atoms with Gasteiger partial charge in [-0.1, -0.05) is 48.4 Å². The Morgan fingerprint density at radius 3 is 2.57 bits per heavy atom. The predicted octanol–water partition coefficient (Wildman–Crippen LogP) is 6.43. The quantitative estimate of drug-likeness (QED) is 0.525. The van der Waals surface area contributed by atoms with Crippen molar-refractivity contribution in [3.05, 3.63) is 52.1 Å². The summed E-state index contributed by atoms with van der Waals surface area (Å²) in [6, 6.07) is 6.00. The summed E-state index contributed by atoms with van der Waals surface area (Å²) in [5, 5.41) is 9.93. The van der Waals surface area contributed by atoms with Crippen LogP contribution in [0.3, 0.4) is 0 Å². The molecule has 5 heteroatoms. The summed E-state index contributed by atoms with van der Waals surface area (Å²) in [5.74, 6) is 0.661. The zero-order valence-corrected chi connectivity index (χ0v) is 19.7. The number of rotatable bonds is 6. The van der Waals surface area contributed by atoms with Crippen LogP contribution in [0.5, 0.6) is 0 Å². The highest BCUT2D eigenvalue weighted by atomic mass is 35.5. The molecule has 0 bridgehead atoms. The molecule has 1 amide bonds. The SMILES string of the molecule is CC/C(C)=C/C(c1ccc(Cl)cc1/C=C/CO)C1CCN(C(=O)OC(C)(C)C)CC1. The van der Waals surface area contributed by atoms with Crippen LogP contribution in [0.1, 0.15) is 70.9 Å². The lowest BCUT2D eigenvalue weighted by molar-refractivity contribution is 0.0179. The molecule has 1 aliphatic rings. The lowest BCUT2D eigenvalue weighted by Gasteiger charge is -2.36. The van der Waals surface area contributed by atoms with E-state index in [1.165, 1.54) is 11.1 Å². The number of nitrogens with zero attached hydrogens (tertiary/aromatic N) is 1. The van der Waals surface area contributed by atoms with Crippen LogP contribution in [0.15, 0.2) is 35.9 Å². The molecule has 1 heterocycles. The summed E-state index contributed by atoms with van der Waals surface area (Å²) in [4.78, 5) is 14.3. The number of allylic oxidation sites excluding steroid dienone is 2. The molecular formula is C25H36ClNO3. The van der Waals surface area contributed by atoms with Crippen LogP contribution < -0.4 is 0 Å². The summed E-state index contributed by atoms with van der Waals surface area (Å²) in [6.07, 6.45) is 8.67. The number of benzene rings is 1. The highest BCUT2D eigenvalue weighted by Crippen LogP contribution is 2.38. The molecule has 0 aromatic heterocycles. The van der Waals surface area contributed by atoms with Gasteiger partial charge < -0.3 is 14.7 Å². The third-order valence-electron chi connectivity index (χ3n) is 5.53. The maximum Gasteiger partial charge on any atom is 0.410 e. The van der Waals surface area contributed by atoms with Crippen LogP contribution in [-0.2, 0) is 4.74 Å². The van der Waals surface area contributed by atoms with E-state index in [-0.39, 0.29) is 18.6 Å². The molecule has 30 heavy (non-hydrogen) atoms. The molecule has 2 rings (SSSR count). The van der Waals surface area contributed by atoms with E-state index in [1.807, 2.05) is 43.9 Å². The minimum Gasteiger partial charge on any atom is -0.444 e. The van der Waals surface area contributed by atoms with Gasteiger partial charge in [0.25, 0.3) is 0 Å². The topological polar surface area (TPSA) is 49.8 Å². The van der Waals surface area contributed by atoms with Gasteiger partial charge in [0.15, 0.2) is 0 Å². The molecular weight excluding hydrogens is 398 g/mol. The maximum absolute atomic E-state index is 12.4. The highest BCUT2D eigenvalue weighted by Gasteiger charge is 2.31. The minimum atomic E-state index is -0.477. The standard InChI is InChI=1S/C25H36ClNO3/c1-6-18(2)16-23(22-10-9-21(26)17-20(22)8-7-15-28)19-11-13-27(14-12-19)24(29)30-25(3,4)5/h7-10,16-17,19,23,28H,6,11-15H2,1-5H3/b8-7+,18-16+. The van der Waals surface area contributed by atoms with E-state index in [1.54, 1.807) is 6.08 Å². The summed E-state index contributed by atoms with van der Waals surface area (Å²) in [5.41, 5.74) is 3.12. The monoisotopic (exact) mass is 433 g/mol. The lowest BCUT2D eigenvalue weighted by atomic mass is 9.77. The molecule has 0 radical (unpaired) electrons. The Kier molecular flexibility index (Phi) is 8.99. The van der Waals surface area contributed by atoms with E-state index in [2.05, 4.69) is 26.0 Å². The van der Waals surface area contributed by atoms with E-state index in [0.717, 1.165) is 24.8 Å². The fraction of sp³-hybridized carbons (Fsp3) is 0.560. The molecule has 1 saturated heterocycles. The predicted molar refractivity (Wildman–Crippen MR) is 125 cm³/mol. The number of carbonyl (C=O) groups is 1. The van der Waals surface area contributed by atoms with E-state index in [4.69, 9.17) is 16.3 Å². The number of ether oxygens (including phenoxy) is 1. The molecule has 1 aromatic rings. The lowest BCUT2D eigenvalue weighted by Crippen LogP contribution is -2.42. The fourth-order valence-corrected chi connectivity index (χ4v) is 4.03. The highest BCUT2D eigenvalue weighted by molar-refractivity contribution is 6.30. The zero-order chi connectivity index (χ0) is 22.3. The second-order valence-electron chi connectivity index (χ2n) is 9.06. The van der Waals surface area contributed by atoms with Gasteiger partial charge in [-0.3, -0.25) is 0 Å². The van der Waals surface area contributed by atoms with Gasteiger partial charge in [-0.05, 0) is 76.1 Å². The van der Waals surface area contributed by atoms with Crippen LogP contribution in [0.2, 0.25) is 5.02 Å². The fourth-order valence-electron chi connectivity index (χ4n) is 3.84. The smallest absolute Gasteiger partial charge is 0.410 e. The Hall–Kier alpha value is -1.78. The van der Waals surface area contributed by atoms with Crippen molar-refractivity contribution in [1.82, 2.24) is 4.90 Å². The van der Waals surface area contributed by atoms with Gasteiger partial charge in [0.1, 0.15) is 5.60 Å². The minimum absolute atomic E-state index is 0.00523. The molecule has 1 unspecified atom stereocenters. The molecule has 4 nitrogen and oxygen atoms in total. The first-order chi connectivity index (χ1) is 14.1. The second-order valence-corrected chi connectivity index (χ2v) is 9.49. The van der Waals surface area contributed by atoms with Crippen molar-refractivity contribution < 1.29 is 14.6 Å². The number of hydrogen-bond acceptors (Lipinski definition) is 3. The van der Waals surface area contributed by atoms with Crippen LogP contribution >= 0.6 is 11.6 Å². The summed E-state index contributed by atoms with van der Waals surface area (Å²) >= 11 is 6.26. The van der Waals surface area contributed by atoms with Gasteiger partial charge in [-0.2, -0.15) is 0 Å². The first kappa shape index (κ1) is 24.5. The second kappa shape index (κ2) is 11.0. The van der Waals surface area contributed by atoms with Gasteiger partial charge in [0, 0.05) is 24.0 Å². The number of hydrogen-bond donors (Lipinski definition) is 1. The molecule has 1 fully saturated rings. The van der Waals surface area contributed by atoms with E-state index in [9.17, 15) is 9.90 Å². The van der Waals surface area contributed by atoms with Gasteiger partial charge in [0.05, 0.1) is 6.61 Å². The number of aliphatic hydroxyl groups excluding tert-OH is 1. The van der Waals surface area contributed by atoms with Crippen LogP contribution in [0.25, 0.3) is 6.08 Å². The number of piperidine rings is 1. The molecule has 0 aliphatic carbocycles. The van der Waals surface area contributed by atoms with Crippen molar-refractivity contribution in [2.45, 2.75) is 65.4 Å². The number of likely N-dealkylation sites (tertiary alicyclic amines) is 1. The largest absolute Gasteiger partial charge is 0.444 e. The van der Waals surface area contributed by atoms with Crippen LogP contribution in [0.4, 0.5) is 4.79 Å². The molecule has 0 spiro atoms. The first-order valence-corrected chi connectivity index (χ1v) is 11.2. The zero-order valence-electron chi connectivity index (χ0n) is 19.0. The van der Waals surface area contributed by atoms with Crippen LogP contribution in [0, 0.1) is 5.92 Å². The average Bonchev–Trinajstić information content (AvgIpc) is 2.69. The summed E-state index contributed by atoms with van der Waals surface area (Å²) in [7, 11) is 0. The molecule has 0 saturated carbocycles. The average molecular weight is 434 g/mol. The molecule has 1 aromatic carbocycles. The Labute approximate surface area is 186 Å². The van der Waals surface area contributed by atoms with Gasteiger partial charge >= 0.3 is 6.09 Å². The van der Waals surface area contributed by atoms with Gasteiger partial charge in [-0.25, -0.2) is 4.79 Å². The first-order valence-electron chi connectivity index (χ1n) is 10.9. The Balaban J connectivity index is 2.26. The van der Waals surface area contributed by atoms with Crippen molar-refractivity contribution in [2.75, 3.05) is 19.7 Å². The van der Waals surface area contributed by atoms with Crippen molar-refractivity contribution in [3.8, 4) is 0 Å². The van der Waals surface area contributed by atoms with Gasteiger partial charge in [0.2, 0.25) is 0 Å². The molecule has 1 aliphatic heterocycles. The Bertz CT molecular complexity index is 771. The third-order valence-corrected chi connectivity index (χ3v) is 5.77. The van der Waals surface area contributed by atoms with E-state index < -0.39 is 5.60 Å². The number of halogens is 1. The maximum atomic E-state index is 12.4. The number of amides is 1. The number of carbonyl (C=O) groups excluding carboxylic acids is 1. The summed E-state index contributed by atoms with van der Waals surface area (Å²) < 4.78 is 5.54. The molecule has 1 atom stereocenters. The van der Waals surface area contributed by atoms with Crippen molar-refractivity contribution in [2.24, 2.45) is 5.92 Å². The van der Waals surface area contributed by atoms with Gasteiger partial charge in [-0.15, -0.1) is 0 Å². The normalized spacial score (nSPS) is 17.4. The van der Waals surface area contributed by atoms with E-state index >= 15 is 0 Å². The number of aliphatic hydroxyl groups is 1. The third kappa shape index (κ3) is 7.17. The Morgan fingerprint density at radius 2 is 2.00 bits per heavy atom. The van der Waals surface area contributed by atoms with E-state index in [0.29, 0.717) is 24.0 Å².